The molecule has 1 N–H and O–H groups in total. The fourth-order valence-corrected chi connectivity index (χ4v) is 2.58. The molecule has 2 rings (SSSR count). The third kappa shape index (κ3) is 4.62. The topological polar surface area (TPSA) is 72.2 Å². The van der Waals surface area contributed by atoms with E-state index in [2.05, 4.69) is 5.32 Å². The fraction of sp³-hybridized carbons (Fsp3) is 0.0714. The number of hydrogen-bond acceptors (Lipinski definition) is 4. The molecule has 0 aliphatic carbocycles. The van der Waals surface area contributed by atoms with Crippen LogP contribution in [0, 0.1) is 10.1 Å². The molecule has 0 fully saturated rings. The number of nitro benzene ring substituents is 1. The molecule has 8 heteroatoms. The van der Waals surface area contributed by atoms with E-state index >= 15 is 0 Å². The van der Waals surface area contributed by atoms with Crippen LogP contribution in [0.5, 0.6) is 0 Å². The molecule has 2 aromatic rings. The zero-order valence-corrected chi connectivity index (χ0v) is 13.4. The van der Waals surface area contributed by atoms with Crippen molar-refractivity contribution in [3.05, 3.63) is 62.6 Å². The summed E-state index contributed by atoms with van der Waals surface area (Å²) in [6.45, 7) is 0. The largest absolute Gasteiger partial charge is 0.325 e. The summed E-state index contributed by atoms with van der Waals surface area (Å²) >= 11 is 12.9. The summed E-state index contributed by atoms with van der Waals surface area (Å²) < 4.78 is 0. The van der Waals surface area contributed by atoms with Crippen LogP contribution in [0.15, 0.2) is 47.4 Å². The number of carbonyl (C=O) groups excluding carboxylic acids is 1. The highest BCUT2D eigenvalue weighted by atomic mass is 35.5. The van der Waals surface area contributed by atoms with Gasteiger partial charge in [-0.2, -0.15) is 0 Å². The Labute approximate surface area is 140 Å². The van der Waals surface area contributed by atoms with Crippen LogP contribution in [-0.4, -0.2) is 16.6 Å². The molecule has 0 aromatic heterocycles. The Hall–Kier alpha value is -1.76. The molecule has 1 amide bonds. The molecule has 2 aromatic carbocycles. The first-order chi connectivity index (χ1) is 10.5. The molecule has 0 radical (unpaired) electrons. The van der Waals surface area contributed by atoms with Gasteiger partial charge in [0.2, 0.25) is 5.91 Å². The molecule has 0 heterocycles. The number of nitro groups is 1. The molecular weight excluding hydrogens is 347 g/mol. The summed E-state index contributed by atoms with van der Waals surface area (Å²) in [5.74, 6) is -0.0281. The van der Waals surface area contributed by atoms with Crippen molar-refractivity contribution in [3.63, 3.8) is 0 Å². The molecule has 22 heavy (non-hydrogen) atoms. The molecule has 5 nitrogen and oxygen atoms in total. The minimum atomic E-state index is -0.467. The van der Waals surface area contributed by atoms with Gasteiger partial charge in [-0.25, -0.2) is 0 Å². The van der Waals surface area contributed by atoms with E-state index in [1.54, 1.807) is 30.3 Å². The Morgan fingerprint density at radius 2 is 1.82 bits per heavy atom. The van der Waals surface area contributed by atoms with Crippen molar-refractivity contribution < 1.29 is 9.72 Å². The highest BCUT2D eigenvalue weighted by Gasteiger charge is 2.07. The number of nitrogens with one attached hydrogen (secondary N) is 1. The van der Waals surface area contributed by atoms with Crippen LogP contribution in [0.2, 0.25) is 10.0 Å². The van der Waals surface area contributed by atoms with Crippen LogP contribution < -0.4 is 5.32 Å². The van der Waals surface area contributed by atoms with Gasteiger partial charge in [0, 0.05) is 22.7 Å². The predicted octanol–water partition coefficient (Wildman–Crippen LogP) is 4.63. The average Bonchev–Trinajstić information content (AvgIpc) is 2.49. The van der Waals surface area contributed by atoms with Gasteiger partial charge < -0.3 is 5.32 Å². The Kier molecular flexibility index (Phi) is 5.65. The number of rotatable bonds is 5. The Morgan fingerprint density at radius 3 is 2.41 bits per heavy atom. The summed E-state index contributed by atoms with van der Waals surface area (Å²) in [5, 5.41) is 14.0. The van der Waals surface area contributed by atoms with Crippen LogP contribution in [0.1, 0.15) is 0 Å². The zero-order chi connectivity index (χ0) is 16.1. The van der Waals surface area contributed by atoms with E-state index in [1.165, 1.54) is 23.9 Å². The number of non-ortho nitro benzene ring substituents is 1. The molecule has 0 unspecified atom stereocenters. The summed E-state index contributed by atoms with van der Waals surface area (Å²) in [5.41, 5.74) is 0.577. The second-order valence-electron chi connectivity index (χ2n) is 4.22. The molecule has 0 saturated carbocycles. The van der Waals surface area contributed by atoms with Crippen molar-refractivity contribution in [2.24, 2.45) is 0 Å². The van der Waals surface area contributed by atoms with Crippen LogP contribution in [-0.2, 0) is 4.79 Å². The third-order valence-electron chi connectivity index (χ3n) is 2.62. The smallest absolute Gasteiger partial charge is 0.269 e. The first kappa shape index (κ1) is 16.6. The Balaban J connectivity index is 1.89. The number of halogens is 2. The number of carbonyl (C=O) groups is 1. The minimum absolute atomic E-state index is 0.0182. The van der Waals surface area contributed by atoms with Crippen molar-refractivity contribution in [1.82, 2.24) is 0 Å². The SMILES string of the molecule is O=C(CSc1ccc([N+](=O)[O-])cc1)Nc1ccc(Cl)c(Cl)c1. The summed E-state index contributed by atoms with van der Waals surface area (Å²) in [6.07, 6.45) is 0. The second kappa shape index (κ2) is 7.49. The van der Waals surface area contributed by atoms with Crippen molar-refractivity contribution in [2.75, 3.05) is 11.1 Å². The maximum absolute atomic E-state index is 11.8. The minimum Gasteiger partial charge on any atom is -0.325 e. The maximum Gasteiger partial charge on any atom is 0.269 e. The van der Waals surface area contributed by atoms with Crippen LogP contribution in [0.25, 0.3) is 0 Å². The number of nitrogens with zero attached hydrogens (tertiary/aromatic N) is 1. The van der Waals surface area contributed by atoms with Crippen molar-refractivity contribution in [2.45, 2.75) is 4.90 Å². The number of benzene rings is 2. The van der Waals surface area contributed by atoms with Gasteiger partial charge in [-0.05, 0) is 30.3 Å². The van der Waals surface area contributed by atoms with Gasteiger partial charge in [-0.1, -0.05) is 23.2 Å². The van der Waals surface area contributed by atoms with E-state index in [0.29, 0.717) is 15.7 Å². The number of thioether (sulfide) groups is 1. The average molecular weight is 357 g/mol. The van der Waals surface area contributed by atoms with E-state index in [1.807, 2.05) is 0 Å². The lowest BCUT2D eigenvalue weighted by Gasteiger charge is -2.06. The molecule has 0 bridgehead atoms. The van der Waals surface area contributed by atoms with Gasteiger partial charge in [-0.3, -0.25) is 14.9 Å². The Bertz CT molecular complexity index is 708. The van der Waals surface area contributed by atoms with E-state index in [0.717, 1.165) is 4.90 Å². The zero-order valence-electron chi connectivity index (χ0n) is 11.1. The van der Waals surface area contributed by atoms with Gasteiger partial charge >= 0.3 is 0 Å². The fourth-order valence-electron chi connectivity index (χ4n) is 1.58. The first-order valence-electron chi connectivity index (χ1n) is 6.08. The summed E-state index contributed by atoms with van der Waals surface area (Å²) in [6, 6.07) is 10.8. The number of anilines is 1. The maximum atomic E-state index is 11.8. The van der Waals surface area contributed by atoms with Gasteiger partial charge in [0.25, 0.3) is 5.69 Å². The monoisotopic (exact) mass is 356 g/mol. The predicted molar refractivity (Wildman–Crippen MR) is 88.9 cm³/mol. The lowest BCUT2D eigenvalue weighted by Crippen LogP contribution is -2.13. The molecule has 0 spiro atoms. The van der Waals surface area contributed by atoms with E-state index in [-0.39, 0.29) is 17.3 Å². The van der Waals surface area contributed by atoms with Crippen LogP contribution in [0.4, 0.5) is 11.4 Å². The van der Waals surface area contributed by atoms with Crippen molar-refractivity contribution in [3.8, 4) is 0 Å². The second-order valence-corrected chi connectivity index (χ2v) is 6.08. The van der Waals surface area contributed by atoms with E-state index in [4.69, 9.17) is 23.2 Å². The Morgan fingerprint density at radius 1 is 1.14 bits per heavy atom. The van der Waals surface area contributed by atoms with Crippen molar-refractivity contribution in [1.29, 1.82) is 0 Å². The normalized spacial score (nSPS) is 10.3. The van der Waals surface area contributed by atoms with Gasteiger partial charge in [-0.15, -0.1) is 11.8 Å². The van der Waals surface area contributed by atoms with E-state index < -0.39 is 4.92 Å². The quantitative estimate of drug-likeness (QED) is 0.481. The third-order valence-corrected chi connectivity index (χ3v) is 4.37. The highest BCUT2D eigenvalue weighted by Crippen LogP contribution is 2.25. The number of amides is 1. The standard InChI is InChI=1S/C14H10Cl2N2O3S/c15-12-6-1-9(7-13(12)16)17-14(19)8-22-11-4-2-10(3-5-11)18(20)21/h1-7H,8H2,(H,17,19). The lowest BCUT2D eigenvalue weighted by molar-refractivity contribution is -0.384. The van der Waals surface area contributed by atoms with Crippen LogP contribution in [0.3, 0.4) is 0 Å². The molecule has 0 saturated heterocycles. The van der Waals surface area contributed by atoms with Gasteiger partial charge in [0.15, 0.2) is 0 Å². The van der Waals surface area contributed by atoms with E-state index in [9.17, 15) is 14.9 Å². The molecular formula is C14H10Cl2N2O3S. The first-order valence-corrected chi connectivity index (χ1v) is 7.82. The number of hydrogen-bond donors (Lipinski definition) is 1. The van der Waals surface area contributed by atoms with Crippen LogP contribution >= 0.6 is 35.0 Å². The highest BCUT2D eigenvalue weighted by molar-refractivity contribution is 8.00. The molecule has 0 aliphatic rings. The molecule has 0 atom stereocenters. The van der Waals surface area contributed by atoms with Gasteiger partial charge in [0.05, 0.1) is 20.7 Å². The summed E-state index contributed by atoms with van der Waals surface area (Å²) in [4.78, 5) is 22.7. The lowest BCUT2D eigenvalue weighted by atomic mass is 10.3. The molecule has 0 aliphatic heterocycles. The summed E-state index contributed by atoms with van der Waals surface area (Å²) in [7, 11) is 0. The van der Waals surface area contributed by atoms with Gasteiger partial charge in [0.1, 0.15) is 0 Å². The van der Waals surface area contributed by atoms with Crippen molar-refractivity contribution >= 4 is 52.2 Å². The molecule has 114 valence electrons.